The van der Waals surface area contributed by atoms with Gasteiger partial charge in [-0.2, -0.15) is 0 Å². The van der Waals surface area contributed by atoms with E-state index < -0.39 is 0 Å². The van der Waals surface area contributed by atoms with Gasteiger partial charge in [0.05, 0.1) is 6.04 Å². The molecule has 2 rings (SSSR count). The fourth-order valence-electron chi connectivity index (χ4n) is 2.55. The summed E-state index contributed by atoms with van der Waals surface area (Å²) in [5.41, 5.74) is 2.41. The Morgan fingerprint density at radius 2 is 2.16 bits per heavy atom. The maximum Gasteiger partial charge on any atom is 0.220 e. The first-order valence-corrected chi connectivity index (χ1v) is 7.22. The Bertz CT molecular complexity index is 407. The Balaban J connectivity index is 1.76. The SMILES string of the molecule is Cc1ccc([C@@H](C)NC(=O)CCC2CCNC2)cc1. The lowest BCUT2D eigenvalue weighted by Crippen LogP contribution is -2.27. The zero-order chi connectivity index (χ0) is 13.7. The minimum absolute atomic E-state index is 0.0924. The lowest BCUT2D eigenvalue weighted by atomic mass is 10.0. The fraction of sp³-hybridized carbons (Fsp3) is 0.562. The average Bonchev–Trinajstić information content (AvgIpc) is 2.90. The number of aryl methyl sites for hydroxylation is 1. The summed E-state index contributed by atoms with van der Waals surface area (Å²) >= 11 is 0. The molecule has 3 heteroatoms. The second-order valence-corrected chi connectivity index (χ2v) is 5.60. The molecule has 1 aromatic carbocycles. The van der Waals surface area contributed by atoms with Gasteiger partial charge in [0.15, 0.2) is 0 Å². The molecule has 0 aromatic heterocycles. The first-order chi connectivity index (χ1) is 9.15. The van der Waals surface area contributed by atoms with E-state index in [0.717, 1.165) is 19.5 Å². The molecule has 0 radical (unpaired) electrons. The van der Waals surface area contributed by atoms with Crippen molar-refractivity contribution in [1.82, 2.24) is 10.6 Å². The van der Waals surface area contributed by atoms with E-state index in [1.807, 2.05) is 6.92 Å². The minimum atomic E-state index is 0.0924. The average molecular weight is 260 g/mol. The summed E-state index contributed by atoms with van der Waals surface area (Å²) in [7, 11) is 0. The van der Waals surface area contributed by atoms with Gasteiger partial charge in [-0.25, -0.2) is 0 Å². The highest BCUT2D eigenvalue weighted by Gasteiger charge is 2.16. The van der Waals surface area contributed by atoms with Gasteiger partial charge in [-0.15, -0.1) is 0 Å². The Hall–Kier alpha value is -1.35. The van der Waals surface area contributed by atoms with Gasteiger partial charge >= 0.3 is 0 Å². The van der Waals surface area contributed by atoms with Crippen LogP contribution in [0.15, 0.2) is 24.3 Å². The van der Waals surface area contributed by atoms with E-state index in [-0.39, 0.29) is 11.9 Å². The quantitative estimate of drug-likeness (QED) is 0.854. The molecule has 0 saturated carbocycles. The Morgan fingerprint density at radius 1 is 1.42 bits per heavy atom. The summed E-state index contributed by atoms with van der Waals surface area (Å²) < 4.78 is 0. The van der Waals surface area contributed by atoms with Crippen LogP contribution in [-0.4, -0.2) is 19.0 Å². The molecule has 1 aliphatic rings. The van der Waals surface area contributed by atoms with Crippen LogP contribution >= 0.6 is 0 Å². The van der Waals surface area contributed by atoms with Crippen LogP contribution in [0.25, 0.3) is 0 Å². The number of hydrogen-bond acceptors (Lipinski definition) is 2. The maximum atomic E-state index is 11.9. The third-order valence-corrected chi connectivity index (χ3v) is 3.90. The number of benzene rings is 1. The summed E-state index contributed by atoms with van der Waals surface area (Å²) in [6, 6.07) is 8.43. The third kappa shape index (κ3) is 4.35. The molecule has 1 aliphatic heterocycles. The summed E-state index contributed by atoms with van der Waals surface area (Å²) in [5.74, 6) is 0.848. The van der Waals surface area contributed by atoms with Crippen LogP contribution in [0.5, 0.6) is 0 Å². The van der Waals surface area contributed by atoms with E-state index in [1.54, 1.807) is 0 Å². The van der Waals surface area contributed by atoms with Gasteiger partial charge in [0.1, 0.15) is 0 Å². The third-order valence-electron chi connectivity index (χ3n) is 3.90. The molecule has 19 heavy (non-hydrogen) atoms. The van der Waals surface area contributed by atoms with Crippen molar-refractivity contribution in [2.45, 2.75) is 39.2 Å². The second-order valence-electron chi connectivity index (χ2n) is 5.60. The lowest BCUT2D eigenvalue weighted by molar-refractivity contribution is -0.122. The number of nitrogens with one attached hydrogen (secondary N) is 2. The zero-order valence-electron chi connectivity index (χ0n) is 11.9. The number of rotatable bonds is 5. The van der Waals surface area contributed by atoms with Crippen molar-refractivity contribution in [3.8, 4) is 0 Å². The van der Waals surface area contributed by atoms with Gasteiger partial charge in [0.25, 0.3) is 0 Å². The molecule has 0 bridgehead atoms. The van der Waals surface area contributed by atoms with Crippen molar-refractivity contribution in [1.29, 1.82) is 0 Å². The molecule has 1 heterocycles. The lowest BCUT2D eigenvalue weighted by Gasteiger charge is -2.15. The standard InChI is InChI=1S/C16H24N2O/c1-12-3-6-15(7-4-12)13(2)18-16(19)8-5-14-9-10-17-11-14/h3-4,6-7,13-14,17H,5,8-11H2,1-2H3,(H,18,19)/t13-,14?/m1/s1. The van der Waals surface area contributed by atoms with Crippen LogP contribution in [0, 0.1) is 12.8 Å². The summed E-state index contributed by atoms with van der Waals surface area (Å²) in [5, 5.41) is 6.42. The van der Waals surface area contributed by atoms with E-state index in [9.17, 15) is 4.79 Å². The number of carbonyl (C=O) groups is 1. The van der Waals surface area contributed by atoms with Gasteiger partial charge in [0.2, 0.25) is 5.91 Å². The van der Waals surface area contributed by atoms with Gasteiger partial charge < -0.3 is 10.6 Å². The van der Waals surface area contributed by atoms with Crippen LogP contribution in [0.3, 0.4) is 0 Å². The van der Waals surface area contributed by atoms with E-state index in [0.29, 0.717) is 12.3 Å². The van der Waals surface area contributed by atoms with Crippen LogP contribution in [0.1, 0.15) is 43.4 Å². The highest BCUT2D eigenvalue weighted by molar-refractivity contribution is 5.76. The Labute approximate surface area is 115 Å². The monoisotopic (exact) mass is 260 g/mol. The van der Waals surface area contributed by atoms with Crippen LogP contribution in [-0.2, 0) is 4.79 Å². The van der Waals surface area contributed by atoms with Crippen molar-refractivity contribution >= 4 is 5.91 Å². The van der Waals surface area contributed by atoms with E-state index >= 15 is 0 Å². The van der Waals surface area contributed by atoms with Crippen LogP contribution in [0.2, 0.25) is 0 Å². The van der Waals surface area contributed by atoms with Crippen LogP contribution < -0.4 is 10.6 Å². The largest absolute Gasteiger partial charge is 0.350 e. The molecular weight excluding hydrogens is 236 g/mol. The molecule has 2 N–H and O–H groups in total. The predicted octanol–water partition coefficient (Wildman–Crippen LogP) is 2.56. The second kappa shape index (κ2) is 6.71. The molecule has 1 amide bonds. The van der Waals surface area contributed by atoms with Gasteiger partial charge in [-0.05, 0) is 51.3 Å². The Morgan fingerprint density at radius 3 is 2.79 bits per heavy atom. The van der Waals surface area contributed by atoms with Crippen molar-refractivity contribution in [3.05, 3.63) is 35.4 Å². The summed E-state index contributed by atoms with van der Waals surface area (Å²) in [4.78, 5) is 11.9. The summed E-state index contributed by atoms with van der Waals surface area (Å²) in [6.07, 6.45) is 2.85. The number of carbonyl (C=O) groups excluding carboxylic acids is 1. The smallest absolute Gasteiger partial charge is 0.220 e. The molecule has 2 atom stereocenters. The molecule has 3 nitrogen and oxygen atoms in total. The summed E-state index contributed by atoms with van der Waals surface area (Å²) in [6.45, 7) is 6.29. The molecule has 104 valence electrons. The van der Waals surface area contributed by atoms with Gasteiger partial charge in [0, 0.05) is 6.42 Å². The highest BCUT2D eigenvalue weighted by Crippen LogP contribution is 2.16. The molecule has 1 saturated heterocycles. The van der Waals surface area contributed by atoms with Gasteiger partial charge in [-0.3, -0.25) is 4.79 Å². The first kappa shape index (κ1) is 14.1. The van der Waals surface area contributed by atoms with Crippen molar-refractivity contribution in [3.63, 3.8) is 0 Å². The fourth-order valence-corrected chi connectivity index (χ4v) is 2.55. The first-order valence-electron chi connectivity index (χ1n) is 7.22. The number of amides is 1. The Kier molecular flexibility index (Phi) is 4.97. The van der Waals surface area contributed by atoms with E-state index in [4.69, 9.17) is 0 Å². The zero-order valence-corrected chi connectivity index (χ0v) is 11.9. The van der Waals surface area contributed by atoms with E-state index in [1.165, 1.54) is 17.5 Å². The number of hydrogen-bond donors (Lipinski definition) is 2. The molecule has 0 spiro atoms. The van der Waals surface area contributed by atoms with Gasteiger partial charge in [-0.1, -0.05) is 29.8 Å². The molecule has 0 aliphatic carbocycles. The maximum absolute atomic E-state index is 11.9. The molecule has 1 unspecified atom stereocenters. The minimum Gasteiger partial charge on any atom is -0.350 e. The van der Waals surface area contributed by atoms with Crippen LogP contribution in [0.4, 0.5) is 0 Å². The van der Waals surface area contributed by atoms with Crippen molar-refractivity contribution < 1.29 is 4.79 Å². The van der Waals surface area contributed by atoms with E-state index in [2.05, 4.69) is 41.8 Å². The van der Waals surface area contributed by atoms with Crippen molar-refractivity contribution in [2.24, 2.45) is 5.92 Å². The topological polar surface area (TPSA) is 41.1 Å². The molecular formula is C16H24N2O. The normalized spacial score (nSPS) is 20.2. The highest BCUT2D eigenvalue weighted by atomic mass is 16.1. The predicted molar refractivity (Wildman–Crippen MR) is 77.9 cm³/mol. The molecule has 1 fully saturated rings. The van der Waals surface area contributed by atoms with Crippen molar-refractivity contribution in [2.75, 3.05) is 13.1 Å². The molecule has 1 aromatic rings.